The first-order valence-corrected chi connectivity index (χ1v) is 11.0. The Bertz CT molecular complexity index is 1030. The third-order valence-electron chi connectivity index (χ3n) is 6.20. The molecule has 0 spiro atoms. The van der Waals surface area contributed by atoms with E-state index in [4.69, 9.17) is 0 Å². The Labute approximate surface area is 183 Å². The maximum Gasteiger partial charge on any atom is 0.323 e. The molecule has 2 atom stereocenters. The van der Waals surface area contributed by atoms with Gasteiger partial charge in [-0.25, -0.2) is 4.79 Å². The molecule has 31 heavy (non-hydrogen) atoms. The van der Waals surface area contributed by atoms with Gasteiger partial charge in [-0.3, -0.25) is 4.79 Å². The van der Waals surface area contributed by atoms with E-state index in [1.807, 2.05) is 78.9 Å². The third-order valence-corrected chi connectivity index (χ3v) is 6.20. The van der Waals surface area contributed by atoms with Crippen LogP contribution in [-0.4, -0.2) is 11.8 Å². The smallest absolute Gasteiger partial charge is 0.308 e. The number of Topliss-reactive ketones (excluding diaryl/α,β-unsaturated/α-hetero) is 1. The van der Waals surface area contributed by atoms with Crippen LogP contribution in [0, 0.1) is 11.8 Å². The summed E-state index contributed by atoms with van der Waals surface area (Å²) in [5, 5.41) is 5.64. The van der Waals surface area contributed by atoms with Crippen molar-refractivity contribution in [2.45, 2.75) is 32.6 Å². The highest BCUT2D eigenvalue weighted by molar-refractivity contribution is 6.00. The van der Waals surface area contributed by atoms with E-state index < -0.39 is 0 Å². The lowest BCUT2D eigenvalue weighted by molar-refractivity contribution is 0.0889. The number of benzene rings is 3. The summed E-state index contributed by atoms with van der Waals surface area (Å²) in [4.78, 5) is 25.0. The highest BCUT2D eigenvalue weighted by Crippen LogP contribution is 2.36. The zero-order chi connectivity index (χ0) is 21.6. The highest BCUT2D eigenvalue weighted by Gasteiger charge is 2.31. The monoisotopic (exact) mass is 412 g/mol. The Morgan fingerprint density at radius 1 is 0.774 bits per heavy atom. The summed E-state index contributed by atoms with van der Waals surface area (Å²) in [5.74, 6) is 1.01. The van der Waals surface area contributed by atoms with Gasteiger partial charge in [-0.2, -0.15) is 0 Å². The summed E-state index contributed by atoms with van der Waals surface area (Å²) in [6.07, 6.45) is 4.44. The SMILES string of the molecule is CC[C@@H]1CCC[C@H]1C(=O)c1ccc(-c2ccc(NC(=O)Nc3ccccc3)cc2)cc1. The minimum absolute atomic E-state index is 0.184. The van der Waals surface area contributed by atoms with Crippen molar-refractivity contribution in [3.63, 3.8) is 0 Å². The Morgan fingerprint density at radius 3 is 1.97 bits per heavy atom. The van der Waals surface area contributed by atoms with Crippen molar-refractivity contribution in [3.05, 3.63) is 84.4 Å². The summed E-state index contributed by atoms with van der Waals surface area (Å²) >= 11 is 0. The molecule has 0 saturated heterocycles. The topological polar surface area (TPSA) is 58.2 Å². The molecule has 3 aromatic rings. The lowest BCUT2D eigenvalue weighted by Gasteiger charge is -2.16. The lowest BCUT2D eigenvalue weighted by Crippen LogP contribution is -2.19. The number of amides is 2. The van der Waals surface area contributed by atoms with Crippen LogP contribution < -0.4 is 10.6 Å². The zero-order valence-corrected chi connectivity index (χ0v) is 17.8. The molecule has 0 aromatic heterocycles. The molecule has 0 radical (unpaired) electrons. The zero-order valence-electron chi connectivity index (χ0n) is 17.8. The third kappa shape index (κ3) is 5.02. The summed E-state index contributed by atoms with van der Waals surface area (Å²) in [6, 6.07) is 24.7. The van der Waals surface area contributed by atoms with Gasteiger partial charge in [0.25, 0.3) is 0 Å². The van der Waals surface area contributed by atoms with Gasteiger partial charge in [-0.05, 0) is 54.2 Å². The average molecular weight is 413 g/mol. The van der Waals surface area contributed by atoms with Crippen molar-refractivity contribution in [2.24, 2.45) is 11.8 Å². The summed E-state index contributed by atoms with van der Waals surface area (Å²) < 4.78 is 0. The van der Waals surface area contributed by atoms with Crippen LogP contribution in [0.5, 0.6) is 0 Å². The van der Waals surface area contributed by atoms with Crippen molar-refractivity contribution < 1.29 is 9.59 Å². The Balaban J connectivity index is 1.38. The van der Waals surface area contributed by atoms with E-state index in [2.05, 4.69) is 17.6 Å². The fourth-order valence-electron chi connectivity index (χ4n) is 4.47. The first-order valence-electron chi connectivity index (χ1n) is 11.0. The van der Waals surface area contributed by atoms with Gasteiger partial charge in [-0.15, -0.1) is 0 Å². The second-order valence-corrected chi connectivity index (χ2v) is 8.17. The number of hydrogen-bond acceptors (Lipinski definition) is 2. The Hall–Kier alpha value is -3.40. The molecule has 0 bridgehead atoms. The lowest BCUT2D eigenvalue weighted by atomic mass is 9.86. The molecule has 0 aliphatic heterocycles. The Kier molecular flexibility index (Phi) is 6.46. The van der Waals surface area contributed by atoms with Gasteiger partial charge >= 0.3 is 6.03 Å². The van der Waals surface area contributed by atoms with E-state index in [-0.39, 0.29) is 11.9 Å². The molecule has 1 aliphatic carbocycles. The van der Waals surface area contributed by atoms with E-state index in [0.29, 0.717) is 11.7 Å². The quantitative estimate of drug-likeness (QED) is 0.428. The molecule has 1 fully saturated rings. The van der Waals surface area contributed by atoms with Crippen molar-refractivity contribution in [3.8, 4) is 11.1 Å². The maximum atomic E-state index is 12.9. The molecule has 0 heterocycles. The summed E-state index contributed by atoms with van der Waals surface area (Å²) in [6.45, 7) is 2.18. The summed E-state index contributed by atoms with van der Waals surface area (Å²) in [5.41, 5.74) is 4.37. The molecular formula is C27H28N2O2. The number of rotatable bonds is 6. The van der Waals surface area contributed by atoms with E-state index in [9.17, 15) is 9.59 Å². The number of ketones is 1. The molecule has 158 valence electrons. The molecular weight excluding hydrogens is 384 g/mol. The van der Waals surface area contributed by atoms with Crippen molar-refractivity contribution in [1.82, 2.24) is 0 Å². The fraction of sp³-hybridized carbons (Fsp3) is 0.259. The van der Waals surface area contributed by atoms with Crippen molar-refractivity contribution >= 4 is 23.2 Å². The molecule has 1 aliphatic rings. The van der Waals surface area contributed by atoms with Gasteiger partial charge in [0, 0.05) is 22.9 Å². The van der Waals surface area contributed by atoms with Crippen LogP contribution in [0.3, 0.4) is 0 Å². The summed E-state index contributed by atoms with van der Waals surface area (Å²) in [7, 11) is 0. The number of urea groups is 1. The number of anilines is 2. The van der Waals surface area contributed by atoms with Crippen molar-refractivity contribution in [2.75, 3.05) is 10.6 Å². The van der Waals surface area contributed by atoms with Gasteiger partial charge in [0.15, 0.2) is 5.78 Å². The molecule has 2 N–H and O–H groups in total. The Morgan fingerprint density at radius 2 is 1.35 bits per heavy atom. The van der Waals surface area contributed by atoms with Crippen LogP contribution in [0.1, 0.15) is 43.0 Å². The molecule has 0 unspecified atom stereocenters. The van der Waals surface area contributed by atoms with Gasteiger partial charge in [0.05, 0.1) is 0 Å². The highest BCUT2D eigenvalue weighted by atomic mass is 16.2. The van der Waals surface area contributed by atoms with Gasteiger partial charge in [0.1, 0.15) is 0 Å². The number of para-hydroxylation sites is 1. The van der Waals surface area contributed by atoms with E-state index >= 15 is 0 Å². The van der Waals surface area contributed by atoms with Crippen molar-refractivity contribution in [1.29, 1.82) is 0 Å². The molecule has 4 heteroatoms. The van der Waals surface area contributed by atoms with E-state index in [1.54, 1.807) is 0 Å². The normalized spacial score (nSPS) is 17.8. The predicted octanol–water partition coefficient (Wildman–Crippen LogP) is 7.01. The minimum Gasteiger partial charge on any atom is -0.308 e. The average Bonchev–Trinajstić information content (AvgIpc) is 3.29. The molecule has 4 rings (SSSR count). The van der Waals surface area contributed by atoms with Crippen LogP contribution in [0.2, 0.25) is 0 Å². The van der Waals surface area contributed by atoms with Crippen LogP contribution >= 0.6 is 0 Å². The standard InChI is InChI=1S/C27H28N2O2/c1-2-19-7-6-10-25(19)26(30)22-13-11-20(12-14-22)21-15-17-24(18-16-21)29-27(31)28-23-8-4-3-5-9-23/h3-5,8-9,11-19,25H,2,6-7,10H2,1H3,(H2,28,29,31)/t19-,25-/m1/s1. The first-order chi connectivity index (χ1) is 15.1. The molecule has 2 amide bonds. The second kappa shape index (κ2) is 9.61. The predicted molar refractivity (Wildman–Crippen MR) is 126 cm³/mol. The largest absolute Gasteiger partial charge is 0.323 e. The van der Waals surface area contributed by atoms with Crippen LogP contribution in [0.25, 0.3) is 11.1 Å². The van der Waals surface area contributed by atoms with Crippen LogP contribution in [0.4, 0.5) is 16.2 Å². The molecule has 3 aromatic carbocycles. The van der Waals surface area contributed by atoms with Gasteiger partial charge in [0.2, 0.25) is 0 Å². The van der Waals surface area contributed by atoms with E-state index in [1.165, 1.54) is 6.42 Å². The number of nitrogens with one attached hydrogen (secondary N) is 2. The van der Waals surface area contributed by atoms with Gasteiger partial charge < -0.3 is 10.6 Å². The fourth-order valence-corrected chi connectivity index (χ4v) is 4.47. The molecule has 1 saturated carbocycles. The molecule has 4 nitrogen and oxygen atoms in total. The van der Waals surface area contributed by atoms with Crippen LogP contribution in [-0.2, 0) is 0 Å². The number of hydrogen-bond donors (Lipinski definition) is 2. The maximum absolute atomic E-state index is 12.9. The van der Waals surface area contributed by atoms with Gasteiger partial charge in [-0.1, -0.05) is 74.4 Å². The minimum atomic E-state index is -0.279. The van der Waals surface area contributed by atoms with E-state index in [0.717, 1.165) is 47.3 Å². The first kappa shape index (κ1) is 20.9. The number of carbonyl (C=O) groups is 2. The second-order valence-electron chi connectivity index (χ2n) is 8.17. The van der Waals surface area contributed by atoms with Crippen LogP contribution in [0.15, 0.2) is 78.9 Å². The number of carbonyl (C=O) groups excluding carboxylic acids is 2.